The fourth-order valence-corrected chi connectivity index (χ4v) is 8.79. The maximum absolute atomic E-state index is 14.9. The van der Waals surface area contributed by atoms with Gasteiger partial charge in [0.05, 0.1) is 11.2 Å². The summed E-state index contributed by atoms with van der Waals surface area (Å²) in [5, 5.41) is 0.596. The Labute approximate surface area is 399 Å². The predicted octanol–water partition coefficient (Wildman–Crippen LogP) is 16.2. The molecule has 7 rings (SSSR count). The van der Waals surface area contributed by atoms with Crippen LogP contribution in [-0.4, -0.2) is 4.57 Å². The molecule has 1 aromatic heterocycles. The van der Waals surface area contributed by atoms with E-state index in [0.29, 0.717) is 60.4 Å². The smallest absolute Gasteiger partial charge is 0.231 e. The molecule has 0 N–H and O–H groups in total. The van der Waals surface area contributed by atoms with Gasteiger partial charge in [-0.05, 0) is 59.0 Å². The van der Waals surface area contributed by atoms with E-state index in [1.165, 1.54) is 89.9 Å². The van der Waals surface area contributed by atoms with E-state index in [-0.39, 0.29) is 12.0 Å². The van der Waals surface area contributed by atoms with Crippen LogP contribution in [0.5, 0.6) is 23.0 Å². The van der Waals surface area contributed by atoms with Gasteiger partial charge in [-0.1, -0.05) is 225 Å². The van der Waals surface area contributed by atoms with Crippen LogP contribution in [0.2, 0.25) is 0 Å². The van der Waals surface area contributed by atoms with Gasteiger partial charge >= 0.3 is 0 Å². The van der Waals surface area contributed by atoms with Gasteiger partial charge < -0.3 is 23.5 Å². The van der Waals surface area contributed by atoms with Gasteiger partial charge in [0.15, 0.2) is 17.2 Å². The van der Waals surface area contributed by atoms with E-state index in [4.69, 9.17) is 18.9 Å². The Balaban J connectivity index is 1.17. The summed E-state index contributed by atoms with van der Waals surface area (Å²) < 4.78 is 28.5. The zero-order chi connectivity index (χ0) is 46.1. The molecule has 0 unspecified atom stereocenters. The number of fused-ring (bicyclic) bond motifs is 1. The maximum Gasteiger partial charge on any atom is 0.231 e. The standard InChI is InChI=1S/C61H71NO5/c1-2-3-4-5-6-7-8-9-10-11-12-13-14-15-16-29-42-62-56-44-54(64-45-49-30-21-17-22-31-49)39-40-55(56)60(63)61(67-48-52-36-27-20-28-37-52)59(62)53-38-41-57(65-46-50-32-23-18-24-33-50)58(43-53)66-47-51-34-25-19-26-35-51/h17-28,30-41,43-44H,2-16,29,42,45-48H2,1H3. The third-order valence-corrected chi connectivity index (χ3v) is 12.6. The number of aryl methyl sites for hydroxylation is 1. The molecule has 0 spiro atoms. The Kier molecular flexibility index (Phi) is 19.9. The third kappa shape index (κ3) is 15.4. The SMILES string of the molecule is CCCCCCCCCCCCCCCCCCn1c(-c2ccc(OCc3ccccc3)c(OCc3ccccc3)c2)c(OCc2ccccc2)c(=O)c2ccc(OCc3ccccc3)cc21. The molecule has 0 aliphatic carbocycles. The molecule has 1 heterocycles. The topological polar surface area (TPSA) is 58.9 Å². The van der Waals surface area contributed by atoms with E-state index in [1.54, 1.807) is 0 Å². The fraction of sp³-hybridized carbons (Fsp3) is 0.361. The lowest BCUT2D eigenvalue weighted by atomic mass is 10.0. The van der Waals surface area contributed by atoms with Crippen LogP contribution in [0.1, 0.15) is 132 Å². The number of hydrogen-bond donors (Lipinski definition) is 0. The molecule has 0 radical (unpaired) electrons. The molecule has 0 saturated heterocycles. The van der Waals surface area contributed by atoms with Gasteiger partial charge in [-0.2, -0.15) is 0 Å². The van der Waals surface area contributed by atoms with Crippen LogP contribution >= 0.6 is 0 Å². The highest BCUT2D eigenvalue weighted by Crippen LogP contribution is 2.39. The molecule has 6 aromatic carbocycles. The molecule has 67 heavy (non-hydrogen) atoms. The lowest BCUT2D eigenvalue weighted by molar-refractivity contribution is 0.256. The average Bonchev–Trinajstić information content (AvgIpc) is 3.38. The number of pyridine rings is 1. The van der Waals surface area contributed by atoms with Crippen molar-refractivity contribution in [2.45, 2.75) is 143 Å². The Bertz CT molecular complexity index is 2540. The lowest BCUT2D eigenvalue weighted by Gasteiger charge is -2.23. The molecule has 350 valence electrons. The van der Waals surface area contributed by atoms with Crippen LogP contribution in [0, 0.1) is 0 Å². The molecule has 6 heteroatoms. The Morgan fingerprint density at radius 2 is 0.836 bits per heavy atom. The lowest BCUT2D eigenvalue weighted by Crippen LogP contribution is -2.17. The normalized spacial score (nSPS) is 11.2. The Hall–Kier alpha value is -6.27. The molecule has 6 nitrogen and oxygen atoms in total. The Morgan fingerprint density at radius 3 is 1.33 bits per heavy atom. The van der Waals surface area contributed by atoms with E-state index >= 15 is 0 Å². The van der Waals surface area contributed by atoms with E-state index in [2.05, 4.69) is 47.9 Å². The van der Waals surface area contributed by atoms with Crippen LogP contribution < -0.4 is 24.4 Å². The first-order chi connectivity index (χ1) is 33.2. The summed E-state index contributed by atoms with van der Waals surface area (Å²) in [7, 11) is 0. The Morgan fingerprint density at radius 1 is 0.403 bits per heavy atom. The average molecular weight is 898 g/mol. The minimum absolute atomic E-state index is 0.157. The van der Waals surface area contributed by atoms with Crippen molar-refractivity contribution in [3.63, 3.8) is 0 Å². The van der Waals surface area contributed by atoms with Crippen molar-refractivity contribution in [2.24, 2.45) is 0 Å². The number of rotatable bonds is 30. The molecular weight excluding hydrogens is 827 g/mol. The predicted molar refractivity (Wildman–Crippen MR) is 276 cm³/mol. The molecule has 0 atom stereocenters. The van der Waals surface area contributed by atoms with E-state index < -0.39 is 0 Å². The molecule has 0 saturated carbocycles. The molecule has 0 aliphatic rings. The second-order valence-electron chi connectivity index (χ2n) is 17.9. The van der Waals surface area contributed by atoms with Crippen LogP contribution in [0.3, 0.4) is 0 Å². The second kappa shape index (κ2) is 27.4. The van der Waals surface area contributed by atoms with Gasteiger partial charge in [0.1, 0.15) is 32.2 Å². The number of unbranched alkanes of at least 4 members (excludes halogenated alkanes) is 15. The van der Waals surface area contributed by atoms with E-state index in [0.717, 1.165) is 46.2 Å². The highest BCUT2D eigenvalue weighted by Gasteiger charge is 2.23. The quantitative estimate of drug-likeness (QED) is 0.0421. The number of hydrogen-bond acceptors (Lipinski definition) is 5. The monoisotopic (exact) mass is 898 g/mol. The van der Waals surface area contributed by atoms with Crippen molar-refractivity contribution in [1.29, 1.82) is 0 Å². The van der Waals surface area contributed by atoms with Gasteiger partial charge in [0.25, 0.3) is 0 Å². The van der Waals surface area contributed by atoms with Crippen molar-refractivity contribution in [2.75, 3.05) is 0 Å². The molecule has 0 amide bonds. The van der Waals surface area contributed by atoms with E-state index in [9.17, 15) is 4.79 Å². The van der Waals surface area contributed by atoms with E-state index in [1.807, 2.05) is 121 Å². The van der Waals surface area contributed by atoms with Crippen LogP contribution in [0.4, 0.5) is 0 Å². The minimum Gasteiger partial charge on any atom is -0.489 e. The van der Waals surface area contributed by atoms with Crippen molar-refractivity contribution >= 4 is 10.9 Å². The van der Waals surface area contributed by atoms with Gasteiger partial charge in [-0.3, -0.25) is 4.79 Å². The highest BCUT2D eigenvalue weighted by molar-refractivity contribution is 5.87. The summed E-state index contributed by atoms with van der Waals surface area (Å²) in [6, 6.07) is 52.4. The number of ether oxygens (including phenoxy) is 4. The maximum atomic E-state index is 14.9. The fourth-order valence-electron chi connectivity index (χ4n) is 8.79. The number of benzene rings is 6. The first-order valence-electron chi connectivity index (χ1n) is 25.2. The first kappa shape index (κ1) is 48.7. The summed E-state index contributed by atoms with van der Waals surface area (Å²) in [5.74, 6) is 2.24. The van der Waals surface area contributed by atoms with Gasteiger partial charge in [0.2, 0.25) is 5.43 Å². The number of aromatic nitrogens is 1. The highest BCUT2D eigenvalue weighted by atomic mass is 16.5. The van der Waals surface area contributed by atoms with Gasteiger partial charge in [0, 0.05) is 23.6 Å². The zero-order valence-electron chi connectivity index (χ0n) is 39.8. The summed E-state index contributed by atoms with van der Waals surface area (Å²) >= 11 is 0. The molecule has 0 aliphatic heterocycles. The minimum atomic E-state index is -0.157. The molecular formula is C61H71NO5. The summed E-state index contributed by atoms with van der Waals surface area (Å²) in [6.07, 6.45) is 20.9. The number of nitrogens with zero attached hydrogens (tertiary/aromatic N) is 1. The second-order valence-corrected chi connectivity index (χ2v) is 17.9. The molecule has 7 aromatic rings. The molecule has 0 fully saturated rings. The van der Waals surface area contributed by atoms with Gasteiger partial charge in [-0.25, -0.2) is 0 Å². The summed E-state index contributed by atoms with van der Waals surface area (Å²) in [5.41, 5.74) is 6.35. The van der Waals surface area contributed by atoms with Crippen molar-refractivity contribution in [1.82, 2.24) is 4.57 Å². The largest absolute Gasteiger partial charge is 0.489 e. The summed E-state index contributed by atoms with van der Waals surface area (Å²) in [4.78, 5) is 14.9. The van der Waals surface area contributed by atoms with Gasteiger partial charge in [-0.15, -0.1) is 0 Å². The zero-order valence-corrected chi connectivity index (χ0v) is 39.8. The summed E-state index contributed by atoms with van der Waals surface area (Å²) in [6.45, 7) is 4.40. The van der Waals surface area contributed by atoms with Crippen molar-refractivity contribution < 1.29 is 18.9 Å². The molecule has 0 bridgehead atoms. The van der Waals surface area contributed by atoms with Crippen LogP contribution in [-0.2, 0) is 33.0 Å². The van der Waals surface area contributed by atoms with Crippen LogP contribution in [0.15, 0.2) is 163 Å². The first-order valence-corrected chi connectivity index (χ1v) is 25.2. The van der Waals surface area contributed by atoms with Crippen LogP contribution in [0.25, 0.3) is 22.2 Å². The van der Waals surface area contributed by atoms with Crippen molar-refractivity contribution in [3.8, 4) is 34.3 Å². The third-order valence-electron chi connectivity index (χ3n) is 12.6. The van der Waals surface area contributed by atoms with Crippen molar-refractivity contribution in [3.05, 3.63) is 190 Å².